The summed E-state index contributed by atoms with van der Waals surface area (Å²) in [6, 6.07) is 9.97. The minimum atomic E-state index is -3.52. The van der Waals surface area contributed by atoms with Crippen LogP contribution in [0.2, 0.25) is 0 Å². The van der Waals surface area contributed by atoms with E-state index in [4.69, 9.17) is 4.42 Å². The van der Waals surface area contributed by atoms with Gasteiger partial charge in [-0.2, -0.15) is 11.8 Å². The van der Waals surface area contributed by atoms with Crippen molar-refractivity contribution in [1.82, 2.24) is 15.4 Å². The molecular weight excluding hydrogens is 428 g/mol. The smallest absolute Gasteiger partial charge is 0.232 e. The van der Waals surface area contributed by atoms with Crippen LogP contribution < -0.4 is 15.4 Å². The third-order valence-electron chi connectivity index (χ3n) is 3.83. The maximum atomic E-state index is 11.6. The molecule has 0 fully saturated rings. The van der Waals surface area contributed by atoms with Gasteiger partial charge in [0.1, 0.15) is 17.3 Å². The number of aliphatic imine (C=N–C) groups is 1. The number of aliphatic hydroxyl groups excluding tert-OH is 1. The summed E-state index contributed by atoms with van der Waals surface area (Å²) in [6.07, 6.45) is 0.110. The van der Waals surface area contributed by atoms with Crippen LogP contribution in [0.3, 0.4) is 0 Å². The van der Waals surface area contributed by atoms with Crippen molar-refractivity contribution in [2.75, 3.05) is 32.1 Å². The molecule has 0 saturated carbocycles. The lowest BCUT2D eigenvalue weighted by atomic mass is 10.1. The third kappa shape index (κ3) is 9.08. The van der Waals surface area contributed by atoms with Gasteiger partial charge >= 0.3 is 0 Å². The molecule has 1 aromatic heterocycles. The summed E-state index contributed by atoms with van der Waals surface area (Å²) in [7, 11) is -1.66. The van der Waals surface area contributed by atoms with E-state index in [1.165, 1.54) is 12.1 Å². The number of aliphatic hydroxyl groups is 1. The molecule has 30 heavy (non-hydrogen) atoms. The molecule has 0 unspecified atom stereocenters. The zero-order chi connectivity index (χ0) is 22.0. The molecule has 0 amide bonds. The Hall–Kier alpha value is -2.21. The van der Waals surface area contributed by atoms with Crippen LogP contribution in [0.4, 0.5) is 0 Å². The number of benzene rings is 1. The van der Waals surface area contributed by atoms with Crippen LogP contribution in [0.25, 0.3) is 0 Å². The summed E-state index contributed by atoms with van der Waals surface area (Å²) in [6.45, 7) is 1.12. The Kier molecular flexibility index (Phi) is 9.50. The van der Waals surface area contributed by atoms with Crippen molar-refractivity contribution in [3.8, 4) is 5.75 Å². The van der Waals surface area contributed by atoms with Gasteiger partial charge in [0.25, 0.3) is 0 Å². The number of phenols is 1. The zero-order valence-electron chi connectivity index (χ0n) is 17.0. The molecule has 1 atom stereocenters. The SMILES string of the molecule is CNCc1ccc(CSCCNC(=NC[C@H](O)c2ccc(O)cc2)NS(C)(=O)=O)o1. The molecule has 0 aliphatic rings. The quantitative estimate of drug-likeness (QED) is 0.193. The van der Waals surface area contributed by atoms with Gasteiger partial charge in [-0.3, -0.25) is 4.72 Å². The molecule has 0 radical (unpaired) electrons. The molecule has 166 valence electrons. The zero-order valence-corrected chi connectivity index (χ0v) is 18.6. The molecule has 2 aromatic rings. The topological polar surface area (TPSA) is 136 Å². The first-order valence-electron chi connectivity index (χ1n) is 9.30. The number of nitrogens with one attached hydrogen (secondary N) is 3. The number of guanidine groups is 1. The molecule has 0 aliphatic heterocycles. The summed E-state index contributed by atoms with van der Waals surface area (Å²) in [5.41, 5.74) is 0.571. The Morgan fingerprint density at radius 2 is 1.90 bits per heavy atom. The lowest BCUT2D eigenvalue weighted by molar-refractivity contribution is 0.187. The molecule has 11 heteroatoms. The third-order valence-corrected chi connectivity index (χ3v) is 5.38. The highest BCUT2D eigenvalue weighted by Gasteiger charge is 2.10. The van der Waals surface area contributed by atoms with Gasteiger partial charge in [0.15, 0.2) is 0 Å². The van der Waals surface area contributed by atoms with Gasteiger partial charge in [-0.1, -0.05) is 12.1 Å². The van der Waals surface area contributed by atoms with Gasteiger partial charge in [-0.15, -0.1) is 0 Å². The van der Waals surface area contributed by atoms with Crippen molar-refractivity contribution in [2.24, 2.45) is 4.99 Å². The molecule has 0 spiro atoms. The monoisotopic (exact) mass is 456 g/mol. The van der Waals surface area contributed by atoms with E-state index in [1.807, 2.05) is 19.2 Å². The fourth-order valence-corrected chi connectivity index (χ4v) is 3.70. The highest BCUT2D eigenvalue weighted by molar-refractivity contribution is 7.98. The second kappa shape index (κ2) is 11.8. The van der Waals surface area contributed by atoms with Crippen LogP contribution in [0.15, 0.2) is 45.8 Å². The fraction of sp³-hybridized carbons (Fsp3) is 0.421. The Morgan fingerprint density at radius 1 is 1.20 bits per heavy atom. The number of sulfonamides is 1. The molecule has 0 bridgehead atoms. The molecule has 1 heterocycles. The number of aromatic hydroxyl groups is 1. The Labute approximate surface area is 181 Å². The molecule has 0 saturated heterocycles. The van der Waals surface area contributed by atoms with E-state index in [9.17, 15) is 18.6 Å². The number of rotatable bonds is 11. The average molecular weight is 457 g/mol. The molecule has 0 aliphatic carbocycles. The van der Waals surface area contributed by atoms with E-state index < -0.39 is 16.1 Å². The van der Waals surface area contributed by atoms with Crippen molar-refractivity contribution in [1.29, 1.82) is 0 Å². The summed E-state index contributed by atoms with van der Waals surface area (Å²) < 4.78 is 31.1. The van der Waals surface area contributed by atoms with Crippen LogP contribution in [0.1, 0.15) is 23.2 Å². The van der Waals surface area contributed by atoms with Crippen molar-refractivity contribution in [3.05, 3.63) is 53.5 Å². The number of nitrogens with zero attached hydrogens (tertiary/aromatic N) is 1. The van der Waals surface area contributed by atoms with Crippen LogP contribution in [0.5, 0.6) is 5.75 Å². The summed E-state index contributed by atoms with van der Waals surface area (Å²) in [5, 5.41) is 25.5. The highest BCUT2D eigenvalue weighted by Crippen LogP contribution is 2.17. The first-order valence-corrected chi connectivity index (χ1v) is 12.3. The Bertz CT molecular complexity index is 913. The van der Waals surface area contributed by atoms with Crippen LogP contribution in [-0.2, 0) is 22.3 Å². The highest BCUT2D eigenvalue weighted by atomic mass is 32.2. The molecular formula is C19H28N4O5S2. The van der Waals surface area contributed by atoms with Gasteiger partial charge < -0.3 is 25.3 Å². The fourth-order valence-electron chi connectivity index (χ4n) is 2.46. The van der Waals surface area contributed by atoms with E-state index in [0.717, 1.165) is 17.8 Å². The first kappa shape index (κ1) is 24.1. The van der Waals surface area contributed by atoms with Crippen LogP contribution in [0, 0.1) is 0 Å². The van der Waals surface area contributed by atoms with Gasteiger partial charge in [0.2, 0.25) is 16.0 Å². The van der Waals surface area contributed by atoms with E-state index >= 15 is 0 Å². The van der Waals surface area contributed by atoms with Gasteiger partial charge in [0, 0.05) is 12.3 Å². The molecule has 2 rings (SSSR count). The maximum Gasteiger partial charge on any atom is 0.232 e. The van der Waals surface area contributed by atoms with Crippen molar-refractivity contribution in [2.45, 2.75) is 18.4 Å². The second-order valence-electron chi connectivity index (χ2n) is 6.55. The normalized spacial score (nSPS) is 13.2. The number of phenolic OH excluding ortho intramolecular Hbond substituents is 1. The molecule has 1 aromatic carbocycles. The number of hydrogen-bond donors (Lipinski definition) is 5. The maximum absolute atomic E-state index is 11.6. The van der Waals surface area contributed by atoms with E-state index in [-0.39, 0.29) is 18.3 Å². The van der Waals surface area contributed by atoms with Crippen LogP contribution in [-0.4, -0.2) is 56.7 Å². The predicted octanol–water partition coefficient (Wildman–Crippen LogP) is 1.17. The largest absolute Gasteiger partial charge is 0.508 e. The second-order valence-corrected chi connectivity index (χ2v) is 9.40. The summed E-state index contributed by atoms with van der Waals surface area (Å²) >= 11 is 1.64. The first-order chi connectivity index (χ1) is 14.3. The lowest BCUT2D eigenvalue weighted by Crippen LogP contribution is -2.41. The molecule has 9 nitrogen and oxygen atoms in total. The minimum Gasteiger partial charge on any atom is -0.508 e. The number of thioether (sulfide) groups is 1. The van der Waals surface area contributed by atoms with E-state index in [1.54, 1.807) is 23.9 Å². The van der Waals surface area contributed by atoms with Gasteiger partial charge in [-0.05, 0) is 36.9 Å². The standard InChI is InChI=1S/C19H28N4O5S2/c1-20-11-16-7-8-17(28-16)13-29-10-9-21-19(23-30(2,26)27)22-12-18(25)14-3-5-15(24)6-4-14/h3-8,18,20,24-25H,9-13H2,1-2H3,(H2,21,22,23)/t18-/m0/s1. The van der Waals surface area contributed by atoms with Crippen LogP contribution >= 0.6 is 11.8 Å². The number of furan rings is 1. The predicted molar refractivity (Wildman–Crippen MR) is 119 cm³/mol. The van der Waals surface area contributed by atoms with E-state index in [2.05, 4.69) is 20.3 Å². The Balaban J connectivity index is 1.83. The van der Waals surface area contributed by atoms with Gasteiger partial charge in [0.05, 0.1) is 31.2 Å². The Morgan fingerprint density at radius 3 is 2.57 bits per heavy atom. The van der Waals surface area contributed by atoms with E-state index in [0.29, 0.717) is 30.2 Å². The minimum absolute atomic E-state index is 0.0383. The molecule has 5 N–H and O–H groups in total. The van der Waals surface area contributed by atoms with Crippen molar-refractivity contribution < 1.29 is 23.0 Å². The van der Waals surface area contributed by atoms with Crippen molar-refractivity contribution >= 4 is 27.7 Å². The summed E-state index contributed by atoms with van der Waals surface area (Å²) in [4.78, 5) is 4.16. The average Bonchev–Trinajstić information content (AvgIpc) is 3.12. The lowest BCUT2D eigenvalue weighted by Gasteiger charge is -2.13. The van der Waals surface area contributed by atoms with Crippen molar-refractivity contribution in [3.63, 3.8) is 0 Å². The van der Waals surface area contributed by atoms with Gasteiger partial charge in [-0.25, -0.2) is 13.4 Å². The number of hydrogen-bond acceptors (Lipinski definition) is 8. The summed E-state index contributed by atoms with van der Waals surface area (Å²) in [5.74, 6) is 3.34.